The Hall–Kier alpha value is -2.25. The molecular weight excluding hydrogens is 315 g/mol. The maximum atomic E-state index is 6.20. The Morgan fingerprint density at radius 1 is 1.29 bits per heavy atom. The van der Waals surface area contributed by atoms with Gasteiger partial charge in [-0.05, 0) is 0 Å². The predicted molar refractivity (Wildman–Crippen MR) is 83.0 cm³/mol. The molecule has 9 heteroatoms. The van der Waals surface area contributed by atoms with Gasteiger partial charge < -0.3 is 21.5 Å². The van der Waals surface area contributed by atoms with Gasteiger partial charge in [0.05, 0.1) is 11.9 Å². The quantitative estimate of drug-likeness (QED) is 0.738. The van der Waals surface area contributed by atoms with Crippen molar-refractivity contribution in [2.45, 2.75) is 0 Å². The number of nitrogens with one attached hydrogen (secondary N) is 1. The van der Waals surface area contributed by atoms with E-state index >= 15 is 0 Å². The number of nitrogen functional groups attached to an aromatic ring is 1. The van der Waals surface area contributed by atoms with E-state index in [0.29, 0.717) is 11.4 Å². The monoisotopic (exact) mass is 326 g/mol. The van der Waals surface area contributed by atoms with E-state index in [2.05, 4.69) is 20.3 Å². The molecule has 0 bridgehead atoms. The molecule has 0 atom stereocenters. The number of ether oxygens (including phenoxy) is 1. The molecule has 0 saturated carbocycles. The third-order valence-electron chi connectivity index (χ3n) is 2.52. The van der Waals surface area contributed by atoms with Crippen LogP contribution in [0.25, 0.3) is 5.76 Å². The molecule has 2 aromatic heterocycles. The molecular formula is C12H12Cl2N6O. The van der Waals surface area contributed by atoms with Gasteiger partial charge in [-0.3, -0.25) is 0 Å². The zero-order chi connectivity index (χ0) is 15.4. The summed E-state index contributed by atoms with van der Waals surface area (Å²) in [5, 5.41) is 3.27. The highest BCUT2D eigenvalue weighted by Gasteiger charge is 2.16. The lowest BCUT2D eigenvalue weighted by Crippen LogP contribution is -2.05. The maximum Gasteiger partial charge on any atom is 0.171 e. The fourth-order valence-corrected chi connectivity index (χ4v) is 2.04. The smallest absolute Gasteiger partial charge is 0.171 e. The van der Waals surface area contributed by atoms with Crippen molar-refractivity contribution in [2.24, 2.45) is 5.73 Å². The van der Waals surface area contributed by atoms with Crippen molar-refractivity contribution in [1.82, 2.24) is 15.0 Å². The zero-order valence-corrected chi connectivity index (χ0v) is 12.5. The van der Waals surface area contributed by atoms with Crippen LogP contribution in [0, 0.1) is 0 Å². The molecule has 7 nitrogen and oxygen atoms in total. The first-order valence-electron chi connectivity index (χ1n) is 5.76. The number of nitrogens with two attached hydrogens (primary N) is 2. The van der Waals surface area contributed by atoms with Gasteiger partial charge >= 0.3 is 0 Å². The van der Waals surface area contributed by atoms with Gasteiger partial charge in [0.1, 0.15) is 16.5 Å². The molecule has 5 N–H and O–H groups in total. The number of pyridine rings is 1. The zero-order valence-electron chi connectivity index (χ0n) is 11.0. The summed E-state index contributed by atoms with van der Waals surface area (Å²) in [6.07, 6.45) is 5.51. The third-order valence-corrected chi connectivity index (χ3v) is 3.17. The van der Waals surface area contributed by atoms with Crippen LogP contribution in [0.15, 0.2) is 24.8 Å². The minimum atomic E-state index is 0.155. The highest BCUT2D eigenvalue weighted by molar-refractivity contribution is 6.35. The largest absolute Gasteiger partial charge is 0.450 e. The number of hydrogen-bond acceptors (Lipinski definition) is 7. The van der Waals surface area contributed by atoms with Crippen LogP contribution in [-0.4, -0.2) is 22.0 Å². The lowest BCUT2D eigenvalue weighted by molar-refractivity contribution is 0.508. The van der Waals surface area contributed by atoms with Crippen LogP contribution in [0.2, 0.25) is 10.2 Å². The topological polar surface area (TPSA) is 112 Å². The van der Waals surface area contributed by atoms with E-state index in [-0.39, 0.29) is 27.5 Å². The van der Waals surface area contributed by atoms with Crippen LogP contribution < -0.4 is 21.5 Å². The highest BCUT2D eigenvalue weighted by Crippen LogP contribution is 2.36. The van der Waals surface area contributed by atoms with Crippen molar-refractivity contribution in [3.05, 3.63) is 40.7 Å². The van der Waals surface area contributed by atoms with Gasteiger partial charge in [-0.2, -0.15) is 0 Å². The van der Waals surface area contributed by atoms with Crippen LogP contribution in [0.3, 0.4) is 0 Å². The average molecular weight is 327 g/mol. The van der Waals surface area contributed by atoms with E-state index in [4.69, 9.17) is 39.4 Å². The Kier molecular flexibility index (Phi) is 4.66. The molecule has 2 rings (SSSR count). The molecule has 0 aromatic carbocycles. The van der Waals surface area contributed by atoms with Crippen molar-refractivity contribution >= 4 is 40.5 Å². The molecule has 2 aromatic rings. The average Bonchev–Trinajstić information content (AvgIpc) is 2.48. The van der Waals surface area contributed by atoms with E-state index in [0.717, 1.165) is 0 Å². The van der Waals surface area contributed by atoms with Crippen molar-refractivity contribution < 1.29 is 4.74 Å². The Morgan fingerprint density at radius 2 is 2.00 bits per heavy atom. The minimum Gasteiger partial charge on any atom is -0.450 e. The molecule has 0 saturated heterocycles. The van der Waals surface area contributed by atoms with Crippen molar-refractivity contribution in [3.8, 4) is 5.75 Å². The van der Waals surface area contributed by atoms with Crippen molar-refractivity contribution in [2.75, 3.05) is 18.1 Å². The number of hydrogen-bond donors (Lipinski definition) is 3. The number of anilines is 2. The van der Waals surface area contributed by atoms with Gasteiger partial charge in [0.25, 0.3) is 0 Å². The van der Waals surface area contributed by atoms with Crippen LogP contribution in [-0.2, 0) is 0 Å². The van der Waals surface area contributed by atoms with Crippen LogP contribution in [0.5, 0.6) is 5.75 Å². The Balaban J connectivity index is 2.39. The molecule has 0 amide bonds. The molecule has 2 heterocycles. The first kappa shape index (κ1) is 15.1. The molecule has 0 aliphatic carbocycles. The third kappa shape index (κ3) is 3.09. The van der Waals surface area contributed by atoms with E-state index in [1.165, 1.54) is 24.8 Å². The molecule has 0 fully saturated rings. The molecule has 0 unspecified atom stereocenters. The number of aromatic nitrogens is 3. The van der Waals surface area contributed by atoms with Crippen LogP contribution in [0.4, 0.5) is 11.5 Å². The number of nitrogens with zero attached hydrogens (tertiary/aromatic N) is 3. The molecule has 21 heavy (non-hydrogen) atoms. The summed E-state index contributed by atoms with van der Waals surface area (Å²) in [7, 11) is 1.67. The summed E-state index contributed by atoms with van der Waals surface area (Å²) in [6, 6.07) is 0. The molecule has 110 valence electrons. The van der Waals surface area contributed by atoms with Crippen LogP contribution in [0.1, 0.15) is 5.69 Å². The molecule has 0 radical (unpaired) electrons. The standard InChI is InChI=1S/C12H12Cl2N6O/c1-17-10-8(13)7(5-20-12(10)16)21-6(4-15)9-11(14)19-3-2-18-9/h2-5,17H,15H2,1H3,(H2,16,20). The van der Waals surface area contributed by atoms with Gasteiger partial charge in [0.15, 0.2) is 16.7 Å². The van der Waals surface area contributed by atoms with Gasteiger partial charge in [-0.1, -0.05) is 23.2 Å². The fourth-order valence-electron chi connectivity index (χ4n) is 1.56. The summed E-state index contributed by atoms with van der Waals surface area (Å²) < 4.78 is 5.62. The SMILES string of the molecule is CNc1c(N)ncc(OC(=CN)c2nccnc2Cl)c1Cl. The maximum absolute atomic E-state index is 6.20. The normalized spacial score (nSPS) is 11.3. The van der Waals surface area contributed by atoms with Gasteiger partial charge in [-0.15, -0.1) is 0 Å². The molecule has 0 aliphatic heterocycles. The molecule has 0 aliphatic rings. The number of rotatable bonds is 4. The van der Waals surface area contributed by atoms with Gasteiger partial charge in [0.2, 0.25) is 0 Å². The summed E-state index contributed by atoms with van der Waals surface area (Å²) in [5.74, 6) is 0.711. The van der Waals surface area contributed by atoms with Gasteiger partial charge in [0, 0.05) is 25.6 Å². The second kappa shape index (κ2) is 6.47. The second-order valence-corrected chi connectivity index (χ2v) is 4.51. The Bertz CT molecular complexity index is 691. The van der Waals surface area contributed by atoms with Crippen molar-refractivity contribution in [1.29, 1.82) is 0 Å². The summed E-state index contributed by atoms with van der Waals surface area (Å²) >= 11 is 12.2. The van der Waals surface area contributed by atoms with E-state index in [9.17, 15) is 0 Å². The van der Waals surface area contributed by atoms with Crippen molar-refractivity contribution in [3.63, 3.8) is 0 Å². The summed E-state index contributed by atoms with van der Waals surface area (Å²) in [6.45, 7) is 0. The van der Waals surface area contributed by atoms with Crippen LogP contribution >= 0.6 is 23.2 Å². The minimum absolute atomic E-state index is 0.155. The highest BCUT2D eigenvalue weighted by atomic mass is 35.5. The fraction of sp³-hybridized carbons (Fsp3) is 0.0833. The lowest BCUT2D eigenvalue weighted by Gasteiger charge is -2.13. The van der Waals surface area contributed by atoms with E-state index in [1.54, 1.807) is 7.05 Å². The lowest BCUT2D eigenvalue weighted by atomic mass is 10.3. The first-order chi connectivity index (χ1) is 10.1. The van der Waals surface area contributed by atoms with Gasteiger partial charge in [-0.25, -0.2) is 15.0 Å². The Labute approximate surface area is 131 Å². The first-order valence-corrected chi connectivity index (χ1v) is 6.52. The van der Waals surface area contributed by atoms with E-state index in [1.807, 2.05) is 0 Å². The second-order valence-electron chi connectivity index (χ2n) is 3.78. The summed E-state index contributed by atoms with van der Waals surface area (Å²) in [5.41, 5.74) is 12.0. The Morgan fingerprint density at radius 3 is 2.62 bits per heavy atom. The van der Waals surface area contributed by atoms with E-state index < -0.39 is 0 Å². The summed E-state index contributed by atoms with van der Waals surface area (Å²) in [4.78, 5) is 12.0. The number of halogens is 2. The molecule has 0 spiro atoms. The predicted octanol–water partition coefficient (Wildman–Crippen LogP) is 2.14.